The molecule has 1 aliphatic heterocycles. The van der Waals surface area contributed by atoms with Crippen LogP contribution >= 0.6 is 0 Å². The standard InChI is InChI=1S/C22H27N3O5/c1-23(2)18-10-8-17(9-11-18)14-24(15-21-7-4-12-29-21)22(26)16-30-20-6-3-5-19(13-20)25(27)28/h3,5-6,8-11,13,21H,4,7,12,14-16H2,1-2H3/t21-/m0/s1. The summed E-state index contributed by atoms with van der Waals surface area (Å²) in [7, 11) is 3.96. The van der Waals surface area contributed by atoms with Crippen LogP contribution in [0.25, 0.3) is 0 Å². The lowest BCUT2D eigenvalue weighted by Crippen LogP contribution is -2.39. The highest BCUT2D eigenvalue weighted by atomic mass is 16.6. The second-order valence-corrected chi connectivity index (χ2v) is 7.51. The van der Waals surface area contributed by atoms with E-state index < -0.39 is 4.92 Å². The van der Waals surface area contributed by atoms with Gasteiger partial charge in [0.2, 0.25) is 0 Å². The van der Waals surface area contributed by atoms with Gasteiger partial charge < -0.3 is 19.3 Å². The maximum atomic E-state index is 12.9. The van der Waals surface area contributed by atoms with Crippen LogP contribution in [-0.4, -0.2) is 55.7 Å². The molecule has 0 aliphatic carbocycles. The maximum absolute atomic E-state index is 12.9. The fraction of sp³-hybridized carbons (Fsp3) is 0.409. The van der Waals surface area contributed by atoms with E-state index in [-0.39, 0.29) is 24.3 Å². The summed E-state index contributed by atoms with van der Waals surface area (Å²) in [6.07, 6.45) is 1.94. The van der Waals surface area contributed by atoms with Crippen molar-refractivity contribution in [3.63, 3.8) is 0 Å². The molecule has 2 aromatic rings. The minimum Gasteiger partial charge on any atom is -0.484 e. The number of benzene rings is 2. The Morgan fingerprint density at radius 1 is 1.23 bits per heavy atom. The molecule has 0 bridgehead atoms. The van der Waals surface area contributed by atoms with E-state index in [9.17, 15) is 14.9 Å². The molecule has 3 rings (SSSR count). The van der Waals surface area contributed by atoms with Gasteiger partial charge in [0.05, 0.1) is 17.1 Å². The van der Waals surface area contributed by atoms with Crippen molar-refractivity contribution in [2.24, 2.45) is 0 Å². The first-order valence-corrected chi connectivity index (χ1v) is 9.95. The minimum absolute atomic E-state index is 0.0211. The van der Waals surface area contributed by atoms with Crippen LogP contribution < -0.4 is 9.64 Å². The van der Waals surface area contributed by atoms with Crippen LogP contribution in [0.4, 0.5) is 11.4 Å². The first-order valence-electron chi connectivity index (χ1n) is 9.95. The van der Waals surface area contributed by atoms with Gasteiger partial charge in [-0.15, -0.1) is 0 Å². The monoisotopic (exact) mass is 413 g/mol. The Bertz CT molecular complexity index is 863. The highest BCUT2D eigenvalue weighted by molar-refractivity contribution is 5.78. The molecule has 8 nitrogen and oxygen atoms in total. The second kappa shape index (κ2) is 10.1. The fourth-order valence-electron chi connectivity index (χ4n) is 3.33. The molecule has 1 amide bonds. The van der Waals surface area contributed by atoms with Gasteiger partial charge in [0.25, 0.3) is 11.6 Å². The number of nitro benzene ring substituents is 1. The molecule has 160 valence electrons. The number of non-ortho nitro benzene ring substituents is 1. The van der Waals surface area contributed by atoms with Crippen LogP contribution in [0, 0.1) is 10.1 Å². The zero-order chi connectivity index (χ0) is 21.5. The van der Waals surface area contributed by atoms with E-state index >= 15 is 0 Å². The summed E-state index contributed by atoms with van der Waals surface area (Å²) in [4.78, 5) is 27.1. The van der Waals surface area contributed by atoms with E-state index in [2.05, 4.69) is 0 Å². The van der Waals surface area contributed by atoms with Gasteiger partial charge in [-0.1, -0.05) is 18.2 Å². The van der Waals surface area contributed by atoms with Crippen LogP contribution in [0.1, 0.15) is 18.4 Å². The highest BCUT2D eigenvalue weighted by Gasteiger charge is 2.23. The van der Waals surface area contributed by atoms with Gasteiger partial charge in [0.1, 0.15) is 5.75 Å². The number of ether oxygens (including phenoxy) is 2. The average molecular weight is 413 g/mol. The molecule has 0 N–H and O–H groups in total. The molecule has 0 spiro atoms. The molecule has 30 heavy (non-hydrogen) atoms. The lowest BCUT2D eigenvalue weighted by molar-refractivity contribution is -0.384. The first-order chi connectivity index (χ1) is 14.4. The van der Waals surface area contributed by atoms with Crippen LogP contribution in [0.15, 0.2) is 48.5 Å². The lowest BCUT2D eigenvalue weighted by Gasteiger charge is -2.26. The quantitative estimate of drug-likeness (QED) is 0.463. The molecule has 0 unspecified atom stereocenters. The third-order valence-electron chi connectivity index (χ3n) is 5.02. The van der Waals surface area contributed by atoms with Crippen LogP contribution in [0.2, 0.25) is 0 Å². The van der Waals surface area contributed by atoms with Crippen molar-refractivity contribution < 1.29 is 19.2 Å². The molecule has 1 fully saturated rings. The van der Waals surface area contributed by atoms with Crippen molar-refractivity contribution in [2.75, 3.05) is 38.8 Å². The Hall–Kier alpha value is -3.13. The molecular formula is C22H27N3O5. The summed E-state index contributed by atoms with van der Waals surface area (Å²) >= 11 is 0. The molecule has 8 heteroatoms. The molecule has 0 aromatic heterocycles. The number of hydrogen-bond acceptors (Lipinski definition) is 6. The van der Waals surface area contributed by atoms with Crippen LogP contribution in [0.3, 0.4) is 0 Å². The van der Waals surface area contributed by atoms with Crippen molar-refractivity contribution in [2.45, 2.75) is 25.5 Å². The smallest absolute Gasteiger partial charge is 0.273 e. The van der Waals surface area contributed by atoms with E-state index in [4.69, 9.17) is 9.47 Å². The molecule has 1 atom stereocenters. The summed E-state index contributed by atoms with van der Waals surface area (Å²) in [5, 5.41) is 10.9. The average Bonchev–Trinajstić information content (AvgIpc) is 3.25. The minimum atomic E-state index is -0.490. The summed E-state index contributed by atoms with van der Waals surface area (Å²) in [5.74, 6) is 0.110. The topological polar surface area (TPSA) is 85.2 Å². The Balaban J connectivity index is 1.66. The Morgan fingerprint density at radius 3 is 2.63 bits per heavy atom. The van der Waals surface area contributed by atoms with Gasteiger partial charge in [-0.3, -0.25) is 14.9 Å². The number of anilines is 1. The molecule has 1 aliphatic rings. The number of hydrogen-bond donors (Lipinski definition) is 0. The number of nitrogens with zero attached hydrogens (tertiary/aromatic N) is 3. The normalized spacial score (nSPS) is 15.6. The summed E-state index contributed by atoms with van der Waals surface area (Å²) in [6.45, 7) is 1.47. The third-order valence-corrected chi connectivity index (χ3v) is 5.02. The SMILES string of the molecule is CN(C)c1ccc(CN(C[C@@H]2CCCO2)C(=O)COc2cccc([N+](=O)[O-])c2)cc1. The summed E-state index contributed by atoms with van der Waals surface area (Å²) in [5.41, 5.74) is 2.03. The van der Waals surface area contributed by atoms with E-state index in [0.29, 0.717) is 25.4 Å². The first kappa shape index (κ1) is 21.6. The van der Waals surface area contributed by atoms with Gasteiger partial charge in [0, 0.05) is 45.5 Å². The summed E-state index contributed by atoms with van der Waals surface area (Å²) < 4.78 is 11.3. The van der Waals surface area contributed by atoms with Crippen molar-refractivity contribution >= 4 is 17.3 Å². The predicted molar refractivity (Wildman–Crippen MR) is 114 cm³/mol. The van der Waals surface area contributed by atoms with Gasteiger partial charge in [-0.2, -0.15) is 0 Å². The molecule has 2 aromatic carbocycles. The van der Waals surface area contributed by atoms with Gasteiger partial charge in [-0.05, 0) is 36.6 Å². The molecular weight excluding hydrogens is 386 g/mol. The van der Waals surface area contributed by atoms with Crippen molar-refractivity contribution in [1.82, 2.24) is 4.90 Å². The highest BCUT2D eigenvalue weighted by Crippen LogP contribution is 2.20. The number of nitro groups is 1. The van der Waals surface area contributed by atoms with E-state index in [1.54, 1.807) is 11.0 Å². The molecule has 0 radical (unpaired) electrons. The van der Waals surface area contributed by atoms with E-state index in [1.165, 1.54) is 18.2 Å². The van der Waals surface area contributed by atoms with Crippen molar-refractivity contribution in [3.8, 4) is 5.75 Å². The fourth-order valence-corrected chi connectivity index (χ4v) is 3.33. The van der Waals surface area contributed by atoms with Crippen LogP contribution in [0.5, 0.6) is 5.75 Å². The van der Waals surface area contributed by atoms with Crippen LogP contribution in [-0.2, 0) is 16.1 Å². The Kier molecular flexibility index (Phi) is 7.24. The summed E-state index contributed by atoms with van der Waals surface area (Å²) in [6, 6.07) is 13.9. The molecule has 1 heterocycles. The van der Waals surface area contributed by atoms with Gasteiger partial charge in [-0.25, -0.2) is 0 Å². The molecule has 1 saturated heterocycles. The van der Waals surface area contributed by atoms with E-state index in [1.807, 2.05) is 43.3 Å². The van der Waals surface area contributed by atoms with Crippen molar-refractivity contribution in [1.29, 1.82) is 0 Å². The van der Waals surface area contributed by atoms with Gasteiger partial charge >= 0.3 is 0 Å². The number of amides is 1. The maximum Gasteiger partial charge on any atom is 0.273 e. The second-order valence-electron chi connectivity index (χ2n) is 7.51. The zero-order valence-electron chi connectivity index (χ0n) is 17.3. The zero-order valence-corrected chi connectivity index (χ0v) is 17.3. The van der Waals surface area contributed by atoms with Gasteiger partial charge in [0.15, 0.2) is 6.61 Å². The third kappa shape index (κ3) is 5.93. The Morgan fingerprint density at radius 2 is 2.00 bits per heavy atom. The Labute approximate surface area is 176 Å². The molecule has 0 saturated carbocycles. The number of carbonyl (C=O) groups excluding carboxylic acids is 1. The number of carbonyl (C=O) groups is 1. The van der Waals surface area contributed by atoms with E-state index in [0.717, 1.165) is 24.1 Å². The van der Waals surface area contributed by atoms with Crippen molar-refractivity contribution in [3.05, 3.63) is 64.2 Å². The largest absolute Gasteiger partial charge is 0.484 e. The number of rotatable bonds is 9. The predicted octanol–water partition coefficient (Wildman–Crippen LogP) is 3.25. The lowest BCUT2D eigenvalue weighted by atomic mass is 10.1.